The van der Waals surface area contributed by atoms with Gasteiger partial charge >= 0.3 is 0 Å². The summed E-state index contributed by atoms with van der Waals surface area (Å²) in [4.78, 5) is 11.9. The third-order valence-corrected chi connectivity index (χ3v) is 6.18. The number of aryl methyl sites for hydroxylation is 2. The van der Waals surface area contributed by atoms with Gasteiger partial charge in [-0.1, -0.05) is 18.2 Å². The quantitative estimate of drug-likeness (QED) is 0.708. The van der Waals surface area contributed by atoms with Gasteiger partial charge in [0.1, 0.15) is 9.71 Å². The molecule has 0 fully saturated rings. The molecule has 0 radical (unpaired) electrons. The zero-order chi connectivity index (χ0) is 17.4. The molecule has 3 aromatic heterocycles. The molecule has 0 aliphatic rings. The molecule has 0 amide bonds. The highest BCUT2D eigenvalue weighted by Gasteiger charge is 2.21. The highest BCUT2D eigenvalue weighted by molar-refractivity contribution is 8.08. The van der Waals surface area contributed by atoms with Crippen molar-refractivity contribution in [3.8, 4) is 10.7 Å². The van der Waals surface area contributed by atoms with Crippen LogP contribution in [0.5, 0.6) is 0 Å². The fourth-order valence-corrected chi connectivity index (χ4v) is 4.38. The van der Waals surface area contributed by atoms with E-state index in [0.29, 0.717) is 17.4 Å². The van der Waals surface area contributed by atoms with E-state index in [1.54, 1.807) is 11.8 Å². The van der Waals surface area contributed by atoms with Crippen LogP contribution in [0.4, 0.5) is 5.69 Å². The number of hydrogen-bond acceptors (Lipinski definition) is 7. The van der Waals surface area contributed by atoms with Crippen molar-refractivity contribution >= 4 is 43.9 Å². The molecule has 5 nitrogen and oxygen atoms in total. The Hall–Kier alpha value is -1.86. The summed E-state index contributed by atoms with van der Waals surface area (Å²) in [5.74, 6) is 2.01. The molecule has 0 aliphatic carbocycles. The van der Waals surface area contributed by atoms with Crippen LogP contribution in [0.2, 0.25) is 0 Å². The Balaban J connectivity index is 2.13. The fourth-order valence-electron chi connectivity index (χ4n) is 2.57. The first-order valence-electron chi connectivity index (χ1n) is 7.77. The van der Waals surface area contributed by atoms with E-state index in [9.17, 15) is 0 Å². The molecule has 0 aliphatic heterocycles. The topological polar surface area (TPSA) is 77.8 Å². The molecule has 0 aromatic carbocycles. The number of anilines is 1. The summed E-state index contributed by atoms with van der Waals surface area (Å²) in [6.45, 7) is 10.2. The molecule has 0 saturated carbocycles. The monoisotopic (exact) mass is 360 g/mol. The second-order valence-corrected chi connectivity index (χ2v) is 7.79. The first-order valence-corrected chi connectivity index (χ1v) is 9.57. The SMILES string of the molecule is C/C=C(\SCC)c1nc(-c2sc3nc(C)c(C)c(C)c3c2N)no1. The number of nitrogen functional groups attached to an aromatic ring is 1. The highest BCUT2D eigenvalue weighted by Crippen LogP contribution is 2.41. The van der Waals surface area contributed by atoms with E-state index in [1.807, 2.05) is 19.9 Å². The van der Waals surface area contributed by atoms with Crippen molar-refractivity contribution in [2.24, 2.45) is 0 Å². The minimum Gasteiger partial charge on any atom is -0.397 e. The molecule has 24 heavy (non-hydrogen) atoms. The second kappa shape index (κ2) is 6.57. The lowest BCUT2D eigenvalue weighted by atomic mass is 10.1. The van der Waals surface area contributed by atoms with Gasteiger partial charge in [-0.15, -0.1) is 23.1 Å². The number of hydrogen-bond donors (Lipinski definition) is 1. The molecule has 0 atom stereocenters. The van der Waals surface area contributed by atoms with E-state index in [0.717, 1.165) is 37.0 Å². The summed E-state index contributed by atoms with van der Waals surface area (Å²) < 4.78 is 5.43. The Morgan fingerprint density at radius 2 is 2.00 bits per heavy atom. The maximum absolute atomic E-state index is 6.40. The maximum atomic E-state index is 6.40. The van der Waals surface area contributed by atoms with E-state index < -0.39 is 0 Å². The molecule has 0 spiro atoms. The standard InChI is InChI=1S/C17H20N4OS2/c1-6-11(23-7-2)16-20-15(21-22-16)14-13(18)12-9(4)8(3)10(5)19-17(12)24-14/h6H,7,18H2,1-5H3/b11-6-. The number of aromatic nitrogens is 3. The van der Waals surface area contributed by atoms with Gasteiger partial charge < -0.3 is 10.3 Å². The summed E-state index contributed by atoms with van der Waals surface area (Å²) >= 11 is 3.19. The van der Waals surface area contributed by atoms with Gasteiger partial charge in [0.25, 0.3) is 5.89 Å². The molecule has 2 N–H and O–H groups in total. The van der Waals surface area contributed by atoms with Crippen molar-refractivity contribution in [1.82, 2.24) is 15.1 Å². The largest absolute Gasteiger partial charge is 0.397 e. The lowest BCUT2D eigenvalue weighted by molar-refractivity contribution is 0.410. The molecule has 3 heterocycles. The van der Waals surface area contributed by atoms with Gasteiger partial charge in [-0.25, -0.2) is 4.98 Å². The average molecular weight is 361 g/mol. The van der Waals surface area contributed by atoms with E-state index in [1.165, 1.54) is 16.9 Å². The van der Waals surface area contributed by atoms with Crippen molar-refractivity contribution in [2.75, 3.05) is 11.5 Å². The van der Waals surface area contributed by atoms with Crippen LogP contribution in [0, 0.1) is 20.8 Å². The third-order valence-electron chi connectivity index (χ3n) is 4.08. The van der Waals surface area contributed by atoms with Gasteiger partial charge in [-0.2, -0.15) is 4.98 Å². The normalized spacial score (nSPS) is 12.3. The molecule has 0 bridgehead atoms. The molecule has 3 rings (SSSR count). The Morgan fingerprint density at radius 3 is 2.67 bits per heavy atom. The first-order chi connectivity index (χ1) is 11.5. The Kier molecular flexibility index (Phi) is 4.64. The summed E-state index contributed by atoms with van der Waals surface area (Å²) in [6.07, 6.45) is 1.98. The molecular weight excluding hydrogens is 340 g/mol. The van der Waals surface area contributed by atoms with Crippen molar-refractivity contribution in [1.29, 1.82) is 0 Å². The van der Waals surface area contributed by atoms with Crippen LogP contribution >= 0.6 is 23.1 Å². The number of thioether (sulfide) groups is 1. The van der Waals surface area contributed by atoms with Crippen molar-refractivity contribution in [3.05, 3.63) is 28.8 Å². The fraction of sp³-hybridized carbons (Fsp3) is 0.353. The van der Waals surface area contributed by atoms with Crippen molar-refractivity contribution in [2.45, 2.75) is 34.6 Å². The van der Waals surface area contributed by atoms with Crippen LogP contribution in [0.3, 0.4) is 0 Å². The van der Waals surface area contributed by atoms with E-state index in [4.69, 9.17) is 10.3 Å². The zero-order valence-electron chi connectivity index (χ0n) is 14.4. The molecule has 0 saturated heterocycles. The summed E-state index contributed by atoms with van der Waals surface area (Å²) in [5, 5.41) is 5.13. The molecule has 3 aromatic rings. The molecular formula is C17H20N4OS2. The van der Waals surface area contributed by atoms with Crippen molar-refractivity contribution < 1.29 is 4.52 Å². The minimum atomic E-state index is 0.524. The molecule has 126 valence electrons. The second-order valence-electron chi connectivity index (χ2n) is 5.48. The first kappa shape index (κ1) is 17.0. The predicted octanol–water partition coefficient (Wildman–Crippen LogP) is 4.97. The highest BCUT2D eigenvalue weighted by atomic mass is 32.2. The van der Waals surface area contributed by atoms with Gasteiger partial charge in [0.2, 0.25) is 5.82 Å². The van der Waals surface area contributed by atoms with Crippen molar-refractivity contribution in [3.63, 3.8) is 0 Å². The van der Waals surface area contributed by atoms with Gasteiger partial charge in [0.15, 0.2) is 0 Å². The minimum absolute atomic E-state index is 0.524. The lowest BCUT2D eigenvalue weighted by Crippen LogP contribution is -1.94. The van der Waals surface area contributed by atoms with E-state index in [-0.39, 0.29) is 0 Å². The summed E-state index contributed by atoms with van der Waals surface area (Å²) in [5.41, 5.74) is 10.4. The summed E-state index contributed by atoms with van der Waals surface area (Å²) in [7, 11) is 0. The number of nitrogens with zero attached hydrogens (tertiary/aromatic N) is 3. The van der Waals surface area contributed by atoms with E-state index in [2.05, 4.69) is 35.9 Å². The number of allylic oxidation sites excluding steroid dienone is 1. The lowest BCUT2D eigenvalue weighted by Gasteiger charge is -2.05. The van der Waals surface area contributed by atoms with Gasteiger partial charge in [-0.05, 0) is 44.6 Å². The Bertz CT molecular complexity index is 940. The van der Waals surface area contributed by atoms with Crippen LogP contribution in [-0.2, 0) is 0 Å². The van der Waals surface area contributed by atoms with Gasteiger partial charge in [0.05, 0.1) is 10.6 Å². The van der Waals surface area contributed by atoms with Crippen LogP contribution in [0.15, 0.2) is 10.6 Å². The molecule has 7 heteroatoms. The predicted molar refractivity (Wildman–Crippen MR) is 103 cm³/mol. The van der Waals surface area contributed by atoms with Gasteiger partial charge in [-0.3, -0.25) is 0 Å². The van der Waals surface area contributed by atoms with Gasteiger partial charge in [0, 0.05) is 11.1 Å². The maximum Gasteiger partial charge on any atom is 0.264 e. The average Bonchev–Trinajstić information content (AvgIpc) is 3.15. The zero-order valence-corrected chi connectivity index (χ0v) is 16.1. The van der Waals surface area contributed by atoms with E-state index >= 15 is 0 Å². The third kappa shape index (κ3) is 2.71. The van der Waals surface area contributed by atoms with Crippen LogP contribution in [0.1, 0.15) is 36.6 Å². The van der Waals surface area contributed by atoms with Crippen LogP contribution in [-0.4, -0.2) is 20.9 Å². The summed E-state index contributed by atoms with van der Waals surface area (Å²) in [6, 6.07) is 0. The number of thiophene rings is 1. The number of fused-ring (bicyclic) bond motifs is 1. The number of pyridine rings is 1. The smallest absolute Gasteiger partial charge is 0.264 e. The number of rotatable bonds is 4. The van der Waals surface area contributed by atoms with Crippen LogP contribution in [0.25, 0.3) is 25.8 Å². The Morgan fingerprint density at radius 1 is 1.25 bits per heavy atom. The Labute approximate surface area is 149 Å². The molecule has 0 unspecified atom stereocenters. The number of nitrogens with two attached hydrogens (primary N) is 1. The van der Waals surface area contributed by atoms with Crippen LogP contribution < -0.4 is 5.73 Å².